The quantitative estimate of drug-likeness (QED) is 0.474. The van der Waals surface area contributed by atoms with E-state index in [0.29, 0.717) is 6.20 Å². The van der Waals surface area contributed by atoms with Crippen LogP contribution in [0.25, 0.3) is 0 Å². The Morgan fingerprint density at radius 2 is 2.17 bits per heavy atom. The summed E-state index contributed by atoms with van der Waals surface area (Å²) in [4.78, 5) is 12.5. The van der Waals surface area contributed by atoms with Crippen LogP contribution in [-0.2, 0) is 6.42 Å². The first-order valence-electron chi connectivity index (χ1n) is 4.20. The Bertz CT molecular complexity index is 524. The lowest BCUT2D eigenvalue weighted by molar-refractivity contribution is -0.390. The zero-order valence-corrected chi connectivity index (χ0v) is 8.36. The standard InChI is InChI=1S/C8H3F4N3O3/c9-4-3-14-5(1-2-13)6(15(16)17)7(4)18-8(10,11)12/h3H,1H2. The highest BCUT2D eigenvalue weighted by Crippen LogP contribution is 2.36. The Morgan fingerprint density at radius 3 is 2.61 bits per heavy atom. The molecule has 0 amide bonds. The van der Waals surface area contributed by atoms with E-state index in [1.807, 2.05) is 0 Å². The zero-order valence-electron chi connectivity index (χ0n) is 8.36. The van der Waals surface area contributed by atoms with Crippen LogP contribution in [0.1, 0.15) is 5.69 Å². The number of pyridine rings is 1. The number of hydrogen-bond donors (Lipinski definition) is 0. The average Bonchev–Trinajstić information content (AvgIpc) is 2.21. The summed E-state index contributed by atoms with van der Waals surface area (Å²) in [5.74, 6) is -3.24. The largest absolute Gasteiger partial charge is 0.573 e. The average molecular weight is 265 g/mol. The third-order valence-electron chi connectivity index (χ3n) is 1.69. The smallest absolute Gasteiger partial charge is 0.395 e. The highest BCUT2D eigenvalue weighted by atomic mass is 19.4. The van der Waals surface area contributed by atoms with E-state index in [-0.39, 0.29) is 0 Å². The van der Waals surface area contributed by atoms with Gasteiger partial charge in [-0.3, -0.25) is 10.1 Å². The van der Waals surface area contributed by atoms with Gasteiger partial charge in [0.05, 0.1) is 23.6 Å². The first-order valence-corrected chi connectivity index (χ1v) is 4.20. The van der Waals surface area contributed by atoms with Crippen LogP contribution in [0.5, 0.6) is 5.75 Å². The third-order valence-corrected chi connectivity index (χ3v) is 1.69. The first-order chi connectivity index (χ1) is 8.26. The lowest BCUT2D eigenvalue weighted by atomic mass is 10.2. The van der Waals surface area contributed by atoms with E-state index in [2.05, 4.69) is 9.72 Å². The fraction of sp³-hybridized carbons (Fsp3) is 0.250. The SMILES string of the molecule is N#CCc1ncc(F)c(OC(F)(F)F)c1[N+](=O)[O-]. The molecule has 0 atom stereocenters. The summed E-state index contributed by atoms with van der Waals surface area (Å²) in [6.07, 6.45) is -5.62. The highest BCUT2D eigenvalue weighted by molar-refractivity contribution is 5.51. The molecule has 0 bridgehead atoms. The molecule has 96 valence electrons. The Hall–Kier alpha value is -2.44. The van der Waals surface area contributed by atoms with Crippen molar-refractivity contribution in [1.82, 2.24) is 4.98 Å². The van der Waals surface area contributed by atoms with Crippen molar-refractivity contribution in [2.75, 3.05) is 0 Å². The summed E-state index contributed by atoms with van der Waals surface area (Å²) in [6, 6.07) is 1.46. The van der Waals surface area contributed by atoms with Crippen molar-refractivity contribution in [2.45, 2.75) is 12.8 Å². The molecule has 0 radical (unpaired) electrons. The van der Waals surface area contributed by atoms with Gasteiger partial charge in [0.15, 0.2) is 5.82 Å². The molecule has 0 aliphatic carbocycles. The van der Waals surface area contributed by atoms with Gasteiger partial charge in [0.1, 0.15) is 5.69 Å². The van der Waals surface area contributed by atoms with Gasteiger partial charge in [-0.25, -0.2) is 9.37 Å². The van der Waals surface area contributed by atoms with Crippen molar-refractivity contribution in [3.05, 3.63) is 27.8 Å². The van der Waals surface area contributed by atoms with Crippen LogP contribution in [-0.4, -0.2) is 16.3 Å². The molecular weight excluding hydrogens is 262 g/mol. The van der Waals surface area contributed by atoms with Crippen molar-refractivity contribution < 1.29 is 27.2 Å². The second-order valence-corrected chi connectivity index (χ2v) is 2.87. The monoisotopic (exact) mass is 265 g/mol. The van der Waals surface area contributed by atoms with Crippen molar-refractivity contribution in [3.63, 3.8) is 0 Å². The van der Waals surface area contributed by atoms with Gasteiger partial charge in [-0.05, 0) is 0 Å². The number of hydrogen-bond acceptors (Lipinski definition) is 5. The Balaban J connectivity index is 3.42. The lowest BCUT2D eigenvalue weighted by Crippen LogP contribution is -2.19. The van der Waals surface area contributed by atoms with Crippen molar-refractivity contribution in [3.8, 4) is 11.8 Å². The van der Waals surface area contributed by atoms with Crippen LogP contribution in [0.4, 0.5) is 23.2 Å². The molecule has 1 aromatic heterocycles. The van der Waals surface area contributed by atoms with Crippen LogP contribution in [0.3, 0.4) is 0 Å². The van der Waals surface area contributed by atoms with Crippen LogP contribution in [0, 0.1) is 27.3 Å². The maximum atomic E-state index is 13.1. The van der Waals surface area contributed by atoms with Gasteiger partial charge in [-0.1, -0.05) is 0 Å². The molecule has 0 saturated heterocycles. The number of alkyl halides is 3. The van der Waals surface area contributed by atoms with E-state index in [1.165, 1.54) is 6.07 Å². The van der Waals surface area contributed by atoms with E-state index < -0.39 is 40.7 Å². The molecule has 1 aromatic rings. The van der Waals surface area contributed by atoms with Gasteiger partial charge in [0, 0.05) is 0 Å². The van der Waals surface area contributed by atoms with Gasteiger partial charge >= 0.3 is 12.0 Å². The van der Waals surface area contributed by atoms with E-state index in [0.717, 1.165) is 0 Å². The fourth-order valence-electron chi connectivity index (χ4n) is 1.10. The molecule has 0 aromatic carbocycles. The summed E-state index contributed by atoms with van der Waals surface area (Å²) in [6.45, 7) is 0. The minimum Gasteiger partial charge on any atom is -0.395 e. The predicted molar refractivity (Wildman–Crippen MR) is 46.8 cm³/mol. The van der Waals surface area contributed by atoms with Crippen molar-refractivity contribution in [1.29, 1.82) is 5.26 Å². The maximum Gasteiger partial charge on any atom is 0.573 e. The van der Waals surface area contributed by atoms with Crippen LogP contribution < -0.4 is 4.74 Å². The van der Waals surface area contributed by atoms with Crippen LogP contribution >= 0.6 is 0 Å². The Morgan fingerprint density at radius 1 is 1.56 bits per heavy atom. The summed E-state index contributed by atoms with van der Waals surface area (Å²) in [5, 5.41) is 18.9. The van der Waals surface area contributed by atoms with Gasteiger partial charge in [-0.15, -0.1) is 13.2 Å². The van der Waals surface area contributed by atoms with E-state index >= 15 is 0 Å². The summed E-state index contributed by atoms with van der Waals surface area (Å²) in [5.41, 5.74) is -1.92. The maximum absolute atomic E-state index is 13.1. The van der Waals surface area contributed by atoms with Gasteiger partial charge in [0.25, 0.3) is 0 Å². The summed E-state index contributed by atoms with van der Waals surface area (Å²) in [7, 11) is 0. The molecule has 0 unspecified atom stereocenters. The molecular formula is C8H3F4N3O3. The van der Waals surface area contributed by atoms with Gasteiger partial charge in [0.2, 0.25) is 5.75 Å². The predicted octanol–water partition coefficient (Wildman–Crippen LogP) is 2.09. The van der Waals surface area contributed by atoms with Crippen LogP contribution in [0.2, 0.25) is 0 Å². The molecule has 6 nitrogen and oxygen atoms in total. The minimum atomic E-state index is -5.29. The second kappa shape index (κ2) is 4.82. The fourth-order valence-corrected chi connectivity index (χ4v) is 1.10. The molecule has 10 heteroatoms. The molecule has 1 heterocycles. The molecule has 0 N–H and O–H groups in total. The minimum absolute atomic E-state index is 0.320. The number of aromatic nitrogens is 1. The summed E-state index contributed by atoms with van der Waals surface area (Å²) < 4.78 is 52.3. The Labute approximate surface area is 96.6 Å². The molecule has 0 fully saturated rings. The number of nitriles is 1. The van der Waals surface area contributed by atoms with Crippen molar-refractivity contribution >= 4 is 5.69 Å². The highest BCUT2D eigenvalue weighted by Gasteiger charge is 2.38. The number of nitro groups is 1. The van der Waals surface area contributed by atoms with E-state index in [9.17, 15) is 27.7 Å². The van der Waals surface area contributed by atoms with Crippen molar-refractivity contribution in [2.24, 2.45) is 0 Å². The lowest BCUT2D eigenvalue weighted by Gasteiger charge is -2.10. The summed E-state index contributed by atoms with van der Waals surface area (Å²) >= 11 is 0. The zero-order chi connectivity index (χ0) is 13.9. The van der Waals surface area contributed by atoms with Crippen LogP contribution in [0.15, 0.2) is 6.20 Å². The van der Waals surface area contributed by atoms with Gasteiger partial charge in [-0.2, -0.15) is 5.26 Å². The third kappa shape index (κ3) is 3.03. The first kappa shape index (κ1) is 13.6. The molecule has 0 spiro atoms. The molecule has 18 heavy (non-hydrogen) atoms. The number of halogens is 4. The molecule has 0 aliphatic rings. The molecule has 1 rings (SSSR count). The number of nitrogens with zero attached hydrogens (tertiary/aromatic N) is 3. The molecule has 0 aliphatic heterocycles. The van der Waals surface area contributed by atoms with E-state index in [1.54, 1.807) is 0 Å². The van der Waals surface area contributed by atoms with Gasteiger partial charge < -0.3 is 4.74 Å². The Kier molecular flexibility index (Phi) is 3.65. The number of rotatable bonds is 3. The second-order valence-electron chi connectivity index (χ2n) is 2.87. The van der Waals surface area contributed by atoms with E-state index in [4.69, 9.17) is 5.26 Å². The number of ether oxygens (including phenoxy) is 1. The topological polar surface area (TPSA) is 89.0 Å². The molecule has 0 saturated carbocycles. The normalized spacial score (nSPS) is 10.8.